The van der Waals surface area contributed by atoms with Crippen molar-refractivity contribution in [2.75, 3.05) is 0 Å². The Labute approximate surface area is 89.9 Å². The summed E-state index contributed by atoms with van der Waals surface area (Å²) in [6, 6.07) is 4.03. The molecule has 0 unspecified atom stereocenters. The zero-order valence-electron chi connectivity index (χ0n) is 7.84. The molecular formula is C10H10BrFO2. The molecule has 0 fully saturated rings. The van der Waals surface area contributed by atoms with E-state index in [0.717, 1.165) is 0 Å². The summed E-state index contributed by atoms with van der Waals surface area (Å²) >= 11 is 3.20. The van der Waals surface area contributed by atoms with Crippen molar-refractivity contribution in [2.24, 2.45) is 0 Å². The van der Waals surface area contributed by atoms with Crippen LogP contribution < -0.4 is 0 Å². The van der Waals surface area contributed by atoms with Gasteiger partial charge in [-0.05, 0) is 37.6 Å². The normalized spacial score (nSPS) is 11.4. The smallest absolute Gasteiger partial charge is 0.313 e. The number of carbonyl (C=O) groups is 1. The largest absolute Gasteiger partial charge is 0.481 e. The lowest BCUT2D eigenvalue weighted by atomic mass is 9.85. The minimum absolute atomic E-state index is 0.433. The molecule has 0 saturated carbocycles. The molecule has 0 radical (unpaired) electrons. The van der Waals surface area contributed by atoms with Crippen molar-refractivity contribution < 1.29 is 14.3 Å². The fraction of sp³-hybridized carbons (Fsp3) is 0.300. The van der Waals surface area contributed by atoms with Gasteiger partial charge in [-0.25, -0.2) is 4.39 Å². The molecule has 1 N–H and O–H groups in total. The first-order valence-corrected chi connectivity index (χ1v) is 4.84. The molecule has 0 aliphatic heterocycles. The fourth-order valence-electron chi connectivity index (χ4n) is 1.09. The summed E-state index contributed by atoms with van der Waals surface area (Å²) in [4.78, 5) is 10.9. The standard InChI is InChI=1S/C10H10BrFO2/c1-10(2,9(13)14)7-5-6(12)3-4-8(7)11/h3-5H,1-2H3,(H,13,14). The highest BCUT2D eigenvalue weighted by Gasteiger charge is 2.31. The van der Waals surface area contributed by atoms with Crippen molar-refractivity contribution in [3.63, 3.8) is 0 Å². The molecule has 0 amide bonds. The maximum Gasteiger partial charge on any atom is 0.313 e. The van der Waals surface area contributed by atoms with Gasteiger partial charge >= 0.3 is 5.97 Å². The van der Waals surface area contributed by atoms with Crippen molar-refractivity contribution in [1.82, 2.24) is 0 Å². The van der Waals surface area contributed by atoms with Crippen LogP contribution >= 0.6 is 15.9 Å². The zero-order valence-corrected chi connectivity index (χ0v) is 9.43. The van der Waals surface area contributed by atoms with Gasteiger partial charge in [-0.15, -0.1) is 0 Å². The van der Waals surface area contributed by atoms with Crippen molar-refractivity contribution in [1.29, 1.82) is 0 Å². The molecule has 76 valence electrons. The Morgan fingerprint density at radius 3 is 2.57 bits per heavy atom. The molecule has 0 spiro atoms. The maximum absolute atomic E-state index is 12.9. The van der Waals surface area contributed by atoms with Crippen LogP contribution in [0.2, 0.25) is 0 Å². The van der Waals surface area contributed by atoms with Gasteiger partial charge in [0.2, 0.25) is 0 Å². The van der Waals surface area contributed by atoms with Gasteiger partial charge in [-0.2, -0.15) is 0 Å². The van der Waals surface area contributed by atoms with Crippen LogP contribution in [0.1, 0.15) is 19.4 Å². The van der Waals surface area contributed by atoms with E-state index in [4.69, 9.17) is 5.11 Å². The topological polar surface area (TPSA) is 37.3 Å². The van der Waals surface area contributed by atoms with Gasteiger partial charge in [-0.3, -0.25) is 4.79 Å². The molecule has 1 rings (SSSR count). The number of halogens is 2. The first-order valence-electron chi connectivity index (χ1n) is 4.04. The van der Waals surface area contributed by atoms with Gasteiger partial charge < -0.3 is 5.11 Å². The van der Waals surface area contributed by atoms with Crippen molar-refractivity contribution in [2.45, 2.75) is 19.3 Å². The van der Waals surface area contributed by atoms with Crippen LogP contribution in [-0.2, 0) is 10.2 Å². The van der Waals surface area contributed by atoms with E-state index in [-0.39, 0.29) is 0 Å². The minimum Gasteiger partial charge on any atom is -0.481 e. The zero-order chi connectivity index (χ0) is 10.9. The number of hydrogen-bond acceptors (Lipinski definition) is 1. The van der Waals surface area contributed by atoms with E-state index < -0.39 is 17.2 Å². The second-order valence-electron chi connectivity index (χ2n) is 3.55. The van der Waals surface area contributed by atoms with Crippen molar-refractivity contribution in [3.8, 4) is 0 Å². The van der Waals surface area contributed by atoms with Crippen LogP contribution in [0.5, 0.6) is 0 Å². The minimum atomic E-state index is -1.10. The lowest BCUT2D eigenvalue weighted by Crippen LogP contribution is -2.29. The number of benzene rings is 1. The molecule has 1 aromatic rings. The van der Waals surface area contributed by atoms with E-state index in [0.29, 0.717) is 10.0 Å². The molecular weight excluding hydrogens is 251 g/mol. The lowest BCUT2D eigenvalue weighted by Gasteiger charge is -2.21. The molecule has 2 nitrogen and oxygen atoms in total. The second-order valence-corrected chi connectivity index (χ2v) is 4.41. The molecule has 14 heavy (non-hydrogen) atoms. The molecule has 0 aliphatic carbocycles. The molecule has 4 heteroatoms. The van der Waals surface area contributed by atoms with E-state index in [1.165, 1.54) is 32.0 Å². The highest BCUT2D eigenvalue weighted by atomic mass is 79.9. The van der Waals surface area contributed by atoms with Crippen LogP contribution in [0.4, 0.5) is 4.39 Å². The number of rotatable bonds is 2. The Morgan fingerprint density at radius 2 is 2.07 bits per heavy atom. The third kappa shape index (κ3) is 1.95. The summed E-state index contributed by atoms with van der Waals surface area (Å²) in [5.74, 6) is -1.42. The van der Waals surface area contributed by atoms with Gasteiger partial charge in [0.15, 0.2) is 0 Å². The molecule has 0 aromatic heterocycles. The maximum atomic E-state index is 12.9. The van der Waals surface area contributed by atoms with Gasteiger partial charge in [-0.1, -0.05) is 15.9 Å². The Kier molecular flexibility index (Phi) is 2.95. The average Bonchev–Trinajstić information content (AvgIpc) is 2.08. The van der Waals surface area contributed by atoms with E-state index in [9.17, 15) is 9.18 Å². The number of carboxylic acid groups (broad SMARTS) is 1. The second kappa shape index (κ2) is 3.69. The first-order chi connectivity index (χ1) is 6.35. The van der Waals surface area contributed by atoms with E-state index in [1.54, 1.807) is 0 Å². The summed E-state index contributed by atoms with van der Waals surface area (Å²) < 4.78 is 13.5. The highest BCUT2D eigenvalue weighted by Crippen LogP contribution is 2.30. The quantitative estimate of drug-likeness (QED) is 0.888. The summed E-state index contributed by atoms with van der Waals surface area (Å²) in [6.07, 6.45) is 0. The molecule has 1 aromatic carbocycles. The average molecular weight is 261 g/mol. The molecule has 0 bridgehead atoms. The molecule has 0 heterocycles. The fourth-order valence-corrected chi connectivity index (χ4v) is 1.83. The SMILES string of the molecule is CC(C)(C(=O)O)c1cc(F)ccc1Br. The van der Waals surface area contributed by atoms with Gasteiger partial charge in [0.1, 0.15) is 5.82 Å². The van der Waals surface area contributed by atoms with E-state index >= 15 is 0 Å². The van der Waals surface area contributed by atoms with Gasteiger partial charge in [0.05, 0.1) is 5.41 Å². The Bertz CT molecular complexity index is 374. The predicted octanol–water partition coefficient (Wildman–Crippen LogP) is 2.95. The van der Waals surface area contributed by atoms with Gasteiger partial charge in [0, 0.05) is 4.47 Å². The Hall–Kier alpha value is -0.900. The number of carboxylic acids is 1. The highest BCUT2D eigenvalue weighted by molar-refractivity contribution is 9.10. The predicted molar refractivity (Wildman–Crippen MR) is 54.8 cm³/mol. The van der Waals surface area contributed by atoms with Crippen LogP contribution in [0.15, 0.2) is 22.7 Å². The summed E-state index contributed by atoms with van der Waals surface area (Å²) in [7, 11) is 0. The summed E-state index contributed by atoms with van der Waals surface area (Å²) in [5.41, 5.74) is -0.661. The Morgan fingerprint density at radius 1 is 1.50 bits per heavy atom. The summed E-state index contributed by atoms with van der Waals surface area (Å²) in [6.45, 7) is 3.07. The number of hydrogen-bond donors (Lipinski definition) is 1. The van der Waals surface area contributed by atoms with Crippen molar-refractivity contribution >= 4 is 21.9 Å². The molecule has 0 saturated heterocycles. The van der Waals surface area contributed by atoms with E-state index in [2.05, 4.69) is 15.9 Å². The van der Waals surface area contributed by atoms with Crippen LogP contribution in [0.25, 0.3) is 0 Å². The van der Waals surface area contributed by atoms with E-state index in [1.807, 2.05) is 0 Å². The first kappa shape index (κ1) is 11.2. The third-order valence-electron chi connectivity index (χ3n) is 2.14. The van der Waals surface area contributed by atoms with Gasteiger partial charge in [0.25, 0.3) is 0 Å². The van der Waals surface area contributed by atoms with Crippen LogP contribution in [0.3, 0.4) is 0 Å². The molecule has 0 aliphatic rings. The molecule has 0 atom stereocenters. The lowest BCUT2D eigenvalue weighted by molar-refractivity contribution is -0.142. The number of aliphatic carboxylic acids is 1. The van der Waals surface area contributed by atoms with Crippen molar-refractivity contribution in [3.05, 3.63) is 34.1 Å². The Balaban J connectivity index is 3.31. The summed E-state index contributed by atoms with van der Waals surface area (Å²) in [5, 5.41) is 8.97. The van der Waals surface area contributed by atoms with Crippen LogP contribution in [0, 0.1) is 5.82 Å². The van der Waals surface area contributed by atoms with Crippen LogP contribution in [-0.4, -0.2) is 11.1 Å². The third-order valence-corrected chi connectivity index (χ3v) is 2.83. The monoisotopic (exact) mass is 260 g/mol.